The highest BCUT2D eigenvalue weighted by molar-refractivity contribution is 9.10. The molecule has 0 spiro atoms. The zero-order valence-corrected chi connectivity index (χ0v) is 24.5. The van der Waals surface area contributed by atoms with E-state index in [0.717, 1.165) is 46.2 Å². The number of benzene rings is 1. The summed E-state index contributed by atoms with van der Waals surface area (Å²) in [6.07, 6.45) is 6.96. The van der Waals surface area contributed by atoms with E-state index in [1.54, 1.807) is 22.0 Å². The van der Waals surface area contributed by atoms with Crippen LogP contribution in [0.5, 0.6) is 0 Å². The van der Waals surface area contributed by atoms with E-state index in [0.29, 0.717) is 40.8 Å². The number of amides is 1. The number of fused-ring (bicyclic) bond motifs is 2. The molecular formula is C31H29BrN6O3. The lowest BCUT2D eigenvalue weighted by atomic mass is 9.99. The number of aromatic nitrogens is 5. The molecule has 1 saturated heterocycles. The van der Waals surface area contributed by atoms with E-state index in [1.165, 1.54) is 6.92 Å². The van der Waals surface area contributed by atoms with Gasteiger partial charge in [-0.3, -0.25) is 19.1 Å². The Bertz CT molecular complexity index is 1730. The molecule has 3 aromatic heterocycles. The number of hydrogen-bond acceptors (Lipinski definition) is 7. The first-order chi connectivity index (χ1) is 19.8. The summed E-state index contributed by atoms with van der Waals surface area (Å²) in [5, 5.41) is 5.23. The Morgan fingerprint density at radius 2 is 1.83 bits per heavy atom. The Labute approximate surface area is 245 Å². The Morgan fingerprint density at radius 3 is 2.56 bits per heavy atom. The maximum atomic E-state index is 13.7. The summed E-state index contributed by atoms with van der Waals surface area (Å²) in [4.78, 5) is 54.9. The molecule has 1 aromatic carbocycles. The minimum Gasteiger partial charge on any atom is -0.330 e. The first-order valence-corrected chi connectivity index (χ1v) is 14.8. The van der Waals surface area contributed by atoms with Crippen molar-refractivity contribution >= 4 is 44.3 Å². The molecule has 1 amide bonds. The number of ketones is 2. The Morgan fingerprint density at radius 1 is 1.05 bits per heavy atom. The third-order valence-electron chi connectivity index (χ3n) is 8.62. The number of aryl methyl sites for hydroxylation is 1. The van der Waals surface area contributed by atoms with Crippen LogP contribution in [0.25, 0.3) is 22.0 Å². The molecule has 41 heavy (non-hydrogen) atoms. The molecule has 9 nitrogen and oxygen atoms in total. The summed E-state index contributed by atoms with van der Waals surface area (Å²) >= 11 is 3.46. The van der Waals surface area contributed by atoms with Crippen molar-refractivity contribution in [2.75, 3.05) is 6.54 Å². The number of piperidine rings is 1. The van der Waals surface area contributed by atoms with Crippen LogP contribution in [0.4, 0.5) is 0 Å². The van der Waals surface area contributed by atoms with Gasteiger partial charge in [-0.2, -0.15) is 5.10 Å². The molecule has 2 aliphatic carbocycles. The van der Waals surface area contributed by atoms with Crippen molar-refractivity contribution in [2.45, 2.75) is 58.0 Å². The van der Waals surface area contributed by atoms with Crippen LogP contribution >= 0.6 is 15.9 Å². The number of nitrogens with zero attached hydrogens (tertiary/aromatic N) is 6. The minimum absolute atomic E-state index is 0.0392. The average molecular weight is 614 g/mol. The van der Waals surface area contributed by atoms with Crippen molar-refractivity contribution < 1.29 is 14.4 Å². The lowest BCUT2D eigenvalue weighted by Crippen LogP contribution is -2.45. The van der Waals surface area contributed by atoms with Gasteiger partial charge in [-0.1, -0.05) is 12.1 Å². The molecule has 0 N–H and O–H groups in total. The summed E-state index contributed by atoms with van der Waals surface area (Å²) < 4.78 is 2.31. The van der Waals surface area contributed by atoms with Gasteiger partial charge in [-0.25, -0.2) is 15.0 Å². The highest BCUT2D eigenvalue weighted by atomic mass is 79.9. The van der Waals surface area contributed by atoms with Gasteiger partial charge in [-0.15, -0.1) is 0 Å². The molecule has 3 fully saturated rings. The van der Waals surface area contributed by atoms with Crippen LogP contribution in [-0.2, 0) is 22.6 Å². The number of hydrogen-bond donors (Lipinski definition) is 0. The number of likely N-dealkylation sites (tertiary alicyclic amines) is 1. The van der Waals surface area contributed by atoms with Crippen LogP contribution in [0.3, 0.4) is 0 Å². The molecule has 1 aliphatic heterocycles. The van der Waals surface area contributed by atoms with E-state index in [1.807, 2.05) is 31.2 Å². The predicted molar refractivity (Wildman–Crippen MR) is 155 cm³/mol. The van der Waals surface area contributed by atoms with Crippen molar-refractivity contribution in [3.63, 3.8) is 0 Å². The van der Waals surface area contributed by atoms with E-state index < -0.39 is 6.04 Å². The lowest BCUT2D eigenvalue weighted by Gasteiger charge is -2.27. The van der Waals surface area contributed by atoms with Gasteiger partial charge in [-0.05, 0) is 89.2 Å². The monoisotopic (exact) mass is 612 g/mol. The van der Waals surface area contributed by atoms with E-state index in [4.69, 9.17) is 0 Å². The van der Waals surface area contributed by atoms with Crippen molar-refractivity contribution in [1.82, 2.24) is 29.6 Å². The largest absolute Gasteiger partial charge is 0.330 e. The molecule has 7 rings (SSSR count). The fraction of sp³-hybridized carbons (Fsp3) is 0.387. The fourth-order valence-corrected chi connectivity index (χ4v) is 6.64. The van der Waals surface area contributed by atoms with E-state index in [2.05, 4.69) is 42.0 Å². The molecule has 0 unspecified atom stereocenters. The number of pyridine rings is 1. The number of carbonyl (C=O) groups excluding carboxylic acids is 3. The standard InChI is InChI=1S/C31H29BrN6O3/c1-16(39)30-24-9-19(21-12-33-17(2)34-13-21)5-7-26(24)38(36-30)15-29(41)37-14-20-10-23(20)31(37)27(40)11-25-22(18-3-4-18)6-8-28(32)35-25/h5-9,12-13,18,20,23,31H,3-4,10-11,14-15H2,1-2H3/t20-,23-,31+/m1/s1. The Hall–Kier alpha value is -3.79. The maximum absolute atomic E-state index is 13.7. The van der Waals surface area contributed by atoms with Crippen LogP contribution in [0, 0.1) is 18.8 Å². The second kappa shape index (κ2) is 9.94. The third-order valence-corrected chi connectivity index (χ3v) is 9.06. The number of halogens is 1. The third kappa shape index (κ3) is 4.88. The summed E-state index contributed by atoms with van der Waals surface area (Å²) in [6.45, 7) is 3.84. The number of carbonyl (C=O) groups is 3. The average Bonchev–Trinajstić information content (AvgIpc) is 3.87. The van der Waals surface area contributed by atoms with Gasteiger partial charge in [0.15, 0.2) is 11.6 Å². The van der Waals surface area contributed by atoms with Crippen molar-refractivity contribution in [1.29, 1.82) is 0 Å². The SMILES string of the molecule is CC(=O)c1nn(CC(=O)N2C[C@H]3C[C@H]3[C@H]2C(=O)Cc2nc(Br)ccc2C2CC2)c2ccc(-c3cnc(C)nc3)cc12. The zero-order valence-electron chi connectivity index (χ0n) is 22.9. The molecule has 10 heteroatoms. The Balaban J connectivity index is 1.15. The topological polar surface area (TPSA) is 111 Å². The molecule has 0 radical (unpaired) electrons. The summed E-state index contributed by atoms with van der Waals surface area (Å²) in [5.74, 6) is 1.46. The maximum Gasteiger partial charge on any atom is 0.244 e. The van der Waals surface area contributed by atoms with Crippen molar-refractivity contribution in [3.05, 3.63) is 70.1 Å². The highest BCUT2D eigenvalue weighted by Crippen LogP contribution is 2.50. The quantitative estimate of drug-likeness (QED) is 0.209. The van der Waals surface area contributed by atoms with Crippen LogP contribution in [-0.4, -0.2) is 59.7 Å². The second-order valence-electron chi connectivity index (χ2n) is 11.6. The smallest absolute Gasteiger partial charge is 0.244 e. The van der Waals surface area contributed by atoms with Gasteiger partial charge in [0.25, 0.3) is 0 Å². The van der Waals surface area contributed by atoms with Gasteiger partial charge in [0, 0.05) is 36.8 Å². The number of Topliss-reactive ketones (excluding diaryl/α,β-unsaturated/α-hetero) is 2. The van der Waals surface area contributed by atoms with Crippen LogP contribution in [0.15, 0.2) is 47.3 Å². The van der Waals surface area contributed by atoms with Crippen molar-refractivity contribution in [3.8, 4) is 11.1 Å². The lowest BCUT2D eigenvalue weighted by molar-refractivity contribution is -0.139. The van der Waals surface area contributed by atoms with E-state index in [9.17, 15) is 14.4 Å². The fourth-order valence-electron chi connectivity index (χ4n) is 6.30. The van der Waals surface area contributed by atoms with Gasteiger partial charge >= 0.3 is 0 Å². The molecular weight excluding hydrogens is 584 g/mol. The molecule has 3 aliphatic rings. The van der Waals surface area contributed by atoms with Crippen LogP contribution < -0.4 is 0 Å². The first kappa shape index (κ1) is 26.1. The van der Waals surface area contributed by atoms with E-state index >= 15 is 0 Å². The molecule has 2 saturated carbocycles. The first-order valence-electron chi connectivity index (χ1n) is 14.0. The van der Waals surface area contributed by atoms with Gasteiger partial charge in [0.2, 0.25) is 5.91 Å². The zero-order chi connectivity index (χ0) is 28.4. The predicted octanol–water partition coefficient (Wildman–Crippen LogP) is 4.70. The normalized spacial score (nSPS) is 21.2. The molecule has 4 heterocycles. The molecule has 208 valence electrons. The van der Waals surface area contributed by atoms with Gasteiger partial charge in [0.1, 0.15) is 22.7 Å². The Kier molecular flexibility index (Phi) is 6.33. The summed E-state index contributed by atoms with van der Waals surface area (Å²) in [7, 11) is 0. The molecule has 3 atom stereocenters. The summed E-state index contributed by atoms with van der Waals surface area (Å²) in [5.41, 5.74) is 4.68. The van der Waals surface area contributed by atoms with Crippen LogP contribution in [0.2, 0.25) is 0 Å². The highest BCUT2D eigenvalue weighted by Gasteiger charge is 2.56. The van der Waals surface area contributed by atoms with Gasteiger partial charge in [0.05, 0.1) is 23.7 Å². The minimum atomic E-state index is -0.442. The molecule has 0 bridgehead atoms. The molecule has 4 aromatic rings. The number of rotatable bonds is 8. The van der Waals surface area contributed by atoms with Crippen molar-refractivity contribution in [2.24, 2.45) is 11.8 Å². The summed E-state index contributed by atoms with van der Waals surface area (Å²) in [6, 6.07) is 9.26. The second-order valence-corrected chi connectivity index (χ2v) is 12.4. The van der Waals surface area contributed by atoms with E-state index in [-0.39, 0.29) is 36.4 Å². The van der Waals surface area contributed by atoms with Gasteiger partial charge < -0.3 is 4.90 Å². The van der Waals surface area contributed by atoms with Crippen LogP contribution in [0.1, 0.15) is 59.7 Å².